The molecule has 3 atom stereocenters. The van der Waals surface area contributed by atoms with Gasteiger partial charge in [0.25, 0.3) is 11.6 Å². The number of para-hydroxylation sites is 1. The average molecular weight is 443 g/mol. The van der Waals surface area contributed by atoms with Crippen molar-refractivity contribution in [2.45, 2.75) is 26.0 Å². The fraction of sp³-hybridized carbons (Fsp3) is 0.200. The quantitative estimate of drug-likeness (QED) is 0.340. The van der Waals surface area contributed by atoms with Crippen molar-refractivity contribution in [2.75, 3.05) is 9.96 Å². The van der Waals surface area contributed by atoms with Crippen molar-refractivity contribution in [1.82, 2.24) is 0 Å². The summed E-state index contributed by atoms with van der Waals surface area (Å²) in [6.07, 6.45) is -1.03. The number of imide groups is 1. The molecule has 2 aliphatic heterocycles. The molecule has 2 fully saturated rings. The first-order valence-electron chi connectivity index (χ1n) is 10.6. The smallest absolute Gasteiger partial charge is 0.271 e. The van der Waals surface area contributed by atoms with Crippen molar-refractivity contribution in [3.8, 4) is 0 Å². The van der Waals surface area contributed by atoms with Crippen molar-refractivity contribution >= 4 is 28.9 Å². The molecule has 2 amide bonds. The lowest BCUT2D eigenvalue weighted by atomic mass is 9.90. The molecule has 5 rings (SSSR count). The zero-order valence-corrected chi connectivity index (χ0v) is 18.0. The number of carbonyl (C=O) groups excluding carboxylic acids is 2. The Bertz CT molecular complexity index is 1270. The number of fused-ring (bicyclic) bond motifs is 1. The number of benzene rings is 3. The number of hydrogen-bond acceptors (Lipinski definition) is 6. The number of amides is 2. The number of hydrogen-bond donors (Lipinski definition) is 0. The van der Waals surface area contributed by atoms with Crippen LogP contribution in [0.2, 0.25) is 0 Å². The Hall–Kier alpha value is -4.04. The van der Waals surface area contributed by atoms with E-state index in [4.69, 9.17) is 4.84 Å². The number of hydroxylamine groups is 1. The molecule has 33 heavy (non-hydrogen) atoms. The van der Waals surface area contributed by atoms with Crippen LogP contribution in [0, 0.1) is 29.9 Å². The van der Waals surface area contributed by atoms with Crippen LogP contribution < -0.4 is 9.96 Å². The first-order chi connectivity index (χ1) is 15.9. The predicted molar refractivity (Wildman–Crippen MR) is 122 cm³/mol. The van der Waals surface area contributed by atoms with Crippen molar-refractivity contribution in [3.63, 3.8) is 0 Å². The Morgan fingerprint density at radius 2 is 1.64 bits per heavy atom. The summed E-state index contributed by atoms with van der Waals surface area (Å²) in [5, 5.41) is 12.8. The van der Waals surface area contributed by atoms with Gasteiger partial charge in [-0.1, -0.05) is 54.1 Å². The van der Waals surface area contributed by atoms with Gasteiger partial charge in [0, 0.05) is 12.1 Å². The van der Waals surface area contributed by atoms with Gasteiger partial charge in [-0.3, -0.25) is 24.5 Å². The third kappa shape index (κ3) is 3.35. The normalized spacial score (nSPS) is 22.1. The van der Waals surface area contributed by atoms with Gasteiger partial charge in [0.1, 0.15) is 5.92 Å². The fourth-order valence-corrected chi connectivity index (χ4v) is 4.54. The number of non-ortho nitro benzene ring substituents is 1. The number of nitro groups is 1. The van der Waals surface area contributed by atoms with E-state index in [0.29, 0.717) is 11.4 Å². The van der Waals surface area contributed by atoms with Crippen LogP contribution >= 0.6 is 0 Å². The lowest BCUT2D eigenvalue weighted by molar-refractivity contribution is -0.384. The number of nitrogens with zero attached hydrogens (tertiary/aromatic N) is 3. The number of nitro benzene ring substituents is 1. The highest BCUT2D eigenvalue weighted by Crippen LogP contribution is 2.48. The van der Waals surface area contributed by atoms with Crippen molar-refractivity contribution in [2.24, 2.45) is 5.92 Å². The number of rotatable bonds is 4. The van der Waals surface area contributed by atoms with E-state index in [1.54, 1.807) is 24.3 Å². The first kappa shape index (κ1) is 20.8. The Morgan fingerprint density at radius 1 is 0.909 bits per heavy atom. The van der Waals surface area contributed by atoms with E-state index in [9.17, 15) is 19.7 Å². The molecule has 3 aromatic rings. The van der Waals surface area contributed by atoms with Gasteiger partial charge in [-0.2, -0.15) is 0 Å². The van der Waals surface area contributed by atoms with Gasteiger partial charge in [0.2, 0.25) is 5.91 Å². The molecule has 166 valence electrons. The molecule has 2 aliphatic rings. The summed E-state index contributed by atoms with van der Waals surface area (Å²) in [4.78, 5) is 45.1. The Balaban J connectivity index is 1.61. The fourth-order valence-electron chi connectivity index (χ4n) is 4.54. The molecule has 8 nitrogen and oxygen atoms in total. The maximum Gasteiger partial charge on any atom is 0.271 e. The minimum atomic E-state index is -1.03. The molecule has 2 heterocycles. The average Bonchev–Trinajstić information content (AvgIpc) is 3.31. The van der Waals surface area contributed by atoms with E-state index < -0.39 is 28.9 Å². The third-order valence-electron chi connectivity index (χ3n) is 6.19. The van der Waals surface area contributed by atoms with Crippen LogP contribution in [-0.2, 0) is 14.4 Å². The lowest BCUT2D eigenvalue weighted by Gasteiger charge is -2.29. The lowest BCUT2D eigenvalue weighted by Crippen LogP contribution is -2.37. The molecule has 0 radical (unpaired) electrons. The van der Waals surface area contributed by atoms with Gasteiger partial charge in [-0.25, -0.2) is 9.96 Å². The van der Waals surface area contributed by atoms with Crippen LogP contribution in [0.1, 0.15) is 22.7 Å². The van der Waals surface area contributed by atoms with Crippen LogP contribution in [0.3, 0.4) is 0 Å². The van der Waals surface area contributed by atoms with E-state index >= 15 is 0 Å². The molecule has 0 spiro atoms. The van der Waals surface area contributed by atoms with Crippen LogP contribution in [0.5, 0.6) is 0 Å². The highest BCUT2D eigenvalue weighted by Gasteiger charge is 2.60. The van der Waals surface area contributed by atoms with Crippen LogP contribution in [0.4, 0.5) is 17.1 Å². The monoisotopic (exact) mass is 443 g/mol. The van der Waals surface area contributed by atoms with Gasteiger partial charge >= 0.3 is 0 Å². The second-order valence-electron chi connectivity index (χ2n) is 8.31. The van der Waals surface area contributed by atoms with Crippen LogP contribution in [0.25, 0.3) is 0 Å². The highest BCUT2D eigenvalue weighted by atomic mass is 16.7. The molecule has 0 aliphatic carbocycles. The molecule has 0 unspecified atom stereocenters. The Kier molecular flexibility index (Phi) is 4.94. The Morgan fingerprint density at radius 3 is 2.33 bits per heavy atom. The van der Waals surface area contributed by atoms with E-state index in [-0.39, 0.29) is 11.6 Å². The zero-order valence-electron chi connectivity index (χ0n) is 18.0. The molecule has 0 saturated carbocycles. The summed E-state index contributed by atoms with van der Waals surface area (Å²) >= 11 is 0. The summed E-state index contributed by atoms with van der Waals surface area (Å²) in [7, 11) is 0. The van der Waals surface area contributed by atoms with E-state index in [1.165, 1.54) is 22.1 Å². The van der Waals surface area contributed by atoms with Gasteiger partial charge in [0.15, 0.2) is 6.10 Å². The van der Waals surface area contributed by atoms with E-state index in [1.807, 2.05) is 50.2 Å². The third-order valence-corrected chi connectivity index (χ3v) is 6.19. The molecule has 8 heteroatoms. The van der Waals surface area contributed by atoms with E-state index in [0.717, 1.165) is 16.7 Å². The Labute approximate surface area is 190 Å². The number of aryl methyl sites for hydroxylation is 2. The molecule has 0 bridgehead atoms. The number of anilines is 2. The maximum atomic E-state index is 13.6. The molecular weight excluding hydrogens is 422 g/mol. The topological polar surface area (TPSA) is 93.0 Å². The number of carbonyl (C=O) groups is 2. The SMILES string of the molecule is Cc1ccc([C@H]2[C@H]3C(=O)N(c4ccccc4C)C(=O)[C@@H]3ON2c2cccc([N+](=O)[O-])c2)cc1. The standard InChI is InChI=1S/C25H21N3O5/c1-15-10-12-17(13-11-15)22-21-23(33-27(22)18-7-5-8-19(14-18)28(31)32)25(30)26(24(21)29)20-9-4-3-6-16(20)2/h3-14,21-23H,1-2H3/t21-,22+,23-/m1/s1. The summed E-state index contributed by atoms with van der Waals surface area (Å²) < 4.78 is 0. The highest BCUT2D eigenvalue weighted by molar-refractivity contribution is 6.24. The van der Waals surface area contributed by atoms with Gasteiger partial charge in [-0.15, -0.1) is 0 Å². The minimum Gasteiger partial charge on any atom is -0.273 e. The molecule has 0 N–H and O–H groups in total. The van der Waals surface area contributed by atoms with Crippen molar-refractivity contribution in [1.29, 1.82) is 0 Å². The largest absolute Gasteiger partial charge is 0.273 e. The molecule has 2 saturated heterocycles. The maximum absolute atomic E-state index is 13.6. The van der Waals surface area contributed by atoms with Crippen LogP contribution in [-0.4, -0.2) is 22.8 Å². The molecular formula is C25H21N3O5. The second kappa shape index (κ2) is 7.83. The van der Waals surface area contributed by atoms with Crippen LogP contribution in [0.15, 0.2) is 72.8 Å². The summed E-state index contributed by atoms with van der Waals surface area (Å²) in [5.74, 6) is -1.58. The molecule has 3 aromatic carbocycles. The summed E-state index contributed by atoms with van der Waals surface area (Å²) in [6, 6.07) is 20.2. The van der Waals surface area contributed by atoms with Crippen molar-refractivity contribution < 1.29 is 19.3 Å². The van der Waals surface area contributed by atoms with Gasteiger partial charge in [-0.05, 0) is 37.1 Å². The van der Waals surface area contributed by atoms with Gasteiger partial charge < -0.3 is 0 Å². The van der Waals surface area contributed by atoms with Crippen molar-refractivity contribution in [3.05, 3.63) is 99.6 Å². The summed E-state index contributed by atoms with van der Waals surface area (Å²) in [5.41, 5.74) is 3.48. The van der Waals surface area contributed by atoms with Gasteiger partial charge in [0.05, 0.1) is 22.3 Å². The van der Waals surface area contributed by atoms with E-state index in [2.05, 4.69) is 0 Å². The second-order valence-corrected chi connectivity index (χ2v) is 8.31. The molecule has 0 aromatic heterocycles. The first-order valence-corrected chi connectivity index (χ1v) is 10.6. The zero-order chi connectivity index (χ0) is 23.3. The summed E-state index contributed by atoms with van der Waals surface area (Å²) in [6.45, 7) is 3.80. The predicted octanol–water partition coefficient (Wildman–Crippen LogP) is 4.26. The minimum absolute atomic E-state index is 0.102.